The van der Waals surface area contributed by atoms with Crippen LogP contribution in [0.15, 0.2) is 6.07 Å². The first-order valence-corrected chi connectivity index (χ1v) is 3.71. The van der Waals surface area contributed by atoms with Gasteiger partial charge in [0.2, 0.25) is 0 Å². The van der Waals surface area contributed by atoms with Gasteiger partial charge >= 0.3 is 5.97 Å². The Hall–Kier alpha value is -1.76. The summed E-state index contributed by atoms with van der Waals surface area (Å²) in [7, 11) is 0. The molecule has 0 aliphatic carbocycles. The van der Waals surface area contributed by atoms with Crippen LogP contribution in [0.25, 0.3) is 0 Å². The molecule has 0 saturated carbocycles. The van der Waals surface area contributed by atoms with Gasteiger partial charge in [0.05, 0.1) is 5.56 Å². The molecule has 4 nitrogen and oxygen atoms in total. The average Bonchev–Trinajstić information content (AvgIpc) is 2.15. The largest absolute Gasteiger partial charge is 0.504 e. The fourth-order valence-electron chi connectivity index (χ4n) is 1.01. The van der Waals surface area contributed by atoms with Gasteiger partial charge in [-0.2, -0.15) is 0 Å². The maximum absolute atomic E-state index is 13.0. The van der Waals surface area contributed by atoms with Gasteiger partial charge < -0.3 is 15.9 Å². The van der Waals surface area contributed by atoms with Gasteiger partial charge in [-0.25, -0.2) is 13.2 Å². The van der Waals surface area contributed by atoms with Gasteiger partial charge in [-0.3, -0.25) is 4.79 Å². The number of carbonyl (C=O) groups is 1. The smallest absolute Gasteiger partial charge is 0.325 e. The second kappa shape index (κ2) is 3.77. The zero-order chi connectivity index (χ0) is 11.7. The third kappa shape index (κ3) is 1.86. The number of nitrogens with two attached hydrogens (primary N) is 1. The SMILES string of the molecule is NC(C(=O)O)c1c(O)c(F)cc(F)c1F. The van der Waals surface area contributed by atoms with Crippen molar-refractivity contribution in [2.75, 3.05) is 0 Å². The van der Waals surface area contributed by atoms with Gasteiger partial charge in [0.15, 0.2) is 23.2 Å². The molecule has 0 fully saturated rings. The summed E-state index contributed by atoms with van der Waals surface area (Å²) in [6, 6.07) is -1.93. The lowest BCUT2D eigenvalue weighted by molar-refractivity contribution is -0.138. The van der Waals surface area contributed by atoms with Crippen LogP contribution in [-0.2, 0) is 4.79 Å². The first-order chi connectivity index (χ1) is 6.86. The molecule has 1 unspecified atom stereocenters. The van der Waals surface area contributed by atoms with Crippen LogP contribution in [0.3, 0.4) is 0 Å². The third-order valence-electron chi connectivity index (χ3n) is 1.76. The monoisotopic (exact) mass is 221 g/mol. The first-order valence-electron chi connectivity index (χ1n) is 3.71. The number of halogens is 3. The Morgan fingerprint density at radius 2 is 1.87 bits per heavy atom. The summed E-state index contributed by atoms with van der Waals surface area (Å²) in [5, 5.41) is 17.4. The number of hydrogen-bond acceptors (Lipinski definition) is 3. The summed E-state index contributed by atoms with van der Waals surface area (Å²) in [6.45, 7) is 0. The number of phenols is 1. The van der Waals surface area contributed by atoms with Crippen LogP contribution in [0, 0.1) is 17.5 Å². The first kappa shape index (κ1) is 11.3. The molecule has 4 N–H and O–H groups in total. The number of aliphatic carboxylic acids is 1. The molecular weight excluding hydrogens is 215 g/mol. The molecule has 0 spiro atoms. The maximum atomic E-state index is 13.0. The Morgan fingerprint density at radius 1 is 1.33 bits per heavy atom. The normalized spacial score (nSPS) is 12.5. The number of benzene rings is 1. The highest BCUT2D eigenvalue weighted by atomic mass is 19.2. The van der Waals surface area contributed by atoms with Crippen LogP contribution in [0.5, 0.6) is 5.75 Å². The van der Waals surface area contributed by atoms with Crippen LogP contribution in [0.2, 0.25) is 0 Å². The van der Waals surface area contributed by atoms with Gasteiger partial charge in [-0.05, 0) is 0 Å². The molecule has 0 saturated heterocycles. The zero-order valence-electron chi connectivity index (χ0n) is 7.17. The Kier molecular flexibility index (Phi) is 2.85. The van der Waals surface area contributed by atoms with Crippen LogP contribution in [0.4, 0.5) is 13.2 Å². The van der Waals surface area contributed by atoms with E-state index in [-0.39, 0.29) is 6.07 Å². The van der Waals surface area contributed by atoms with E-state index < -0.39 is 40.8 Å². The zero-order valence-corrected chi connectivity index (χ0v) is 7.17. The second-order valence-electron chi connectivity index (χ2n) is 2.73. The minimum atomic E-state index is -2.03. The molecule has 1 rings (SSSR count). The molecule has 82 valence electrons. The van der Waals surface area contributed by atoms with Crippen molar-refractivity contribution >= 4 is 5.97 Å². The second-order valence-corrected chi connectivity index (χ2v) is 2.73. The number of phenolic OH excluding ortho intramolecular Hbond substituents is 1. The van der Waals surface area contributed by atoms with Crippen molar-refractivity contribution in [1.29, 1.82) is 0 Å². The van der Waals surface area contributed by atoms with Crippen LogP contribution >= 0.6 is 0 Å². The molecule has 1 aromatic rings. The van der Waals surface area contributed by atoms with Gasteiger partial charge in [0, 0.05) is 6.07 Å². The minimum Gasteiger partial charge on any atom is -0.504 e. The van der Waals surface area contributed by atoms with E-state index in [0.29, 0.717) is 0 Å². The Balaban J connectivity index is 3.45. The molecule has 0 aromatic heterocycles. The predicted octanol–water partition coefficient (Wildman–Crippen LogP) is 0.894. The lowest BCUT2D eigenvalue weighted by Crippen LogP contribution is -2.22. The van der Waals surface area contributed by atoms with E-state index in [1.165, 1.54) is 0 Å². The summed E-state index contributed by atoms with van der Waals surface area (Å²) in [6.07, 6.45) is 0. The van der Waals surface area contributed by atoms with Crippen molar-refractivity contribution in [2.24, 2.45) is 5.73 Å². The lowest BCUT2D eigenvalue weighted by Gasteiger charge is -2.11. The van der Waals surface area contributed by atoms with E-state index >= 15 is 0 Å². The molecule has 0 bridgehead atoms. The molecule has 15 heavy (non-hydrogen) atoms. The molecule has 1 atom stereocenters. The molecule has 0 heterocycles. The number of carboxylic acid groups (broad SMARTS) is 1. The van der Waals surface area contributed by atoms with E-state index in [1.54, 1.807) is 0 Å². The van der Waals surface area contributed by atoms with E-state index in [0.717, 1.165) is 0 Å². The van der Waals surface area contributed by atoms with Crippen molar-refractivity contribution in [3.8, 4) is 5.75 Å². The van der Waals surface area contributed by atoms with E-state index in [2.05, 4.69) is 0 Å². The number of carboxylic acids is 1. The van der Waals surface area contributed by atoms with Crippen molar-refractivity contribution in [3.63, 3.8) is 0 Å². The fourth-order valence-corrected chi connectivity index (χ4v) is 1.01. The summed E-state index contributed by atoms with van der Waals surface area (Å²) in [5.41, 5.74) is 3.83. The Labute approximate surface area is 81.7 Å². The average molecular weight is 221 g/mol. The quantitative estimate of drug-likeness (QED) is 0.647. The van der Waals surface area contributed by atoms with Gasteiger partial charge in [0.25, 0.3) is 0 Å². The van der Waals surface area contributed by atoms with Crippen molar-refractivity contribution < 1.29 is 28.2 Å². The summed E-state index contributed by atoms with van der Waals surface area (Å²) in [5.74, 6) is -7.78. The highest BCUT2D eigenvalue weighted by Crippen LogP contribution is 2.30. The van der Waals surface area contributed by atoms with E-state index in [9.17, 15) is 18.0 Å². The number of rotatable bonds is 2. The molecule has 0 radical (unpaired) electrons. The molecule has 7 heteroatoms. The highest BCUT2D eigenvalue weighted by molar-refractivity contribution is 5.76. The molecule has 0 aliphatic heterocycles. The molecule has 0 amide bonds. The van der Waals surface area contributed by atoms with Crippen molar-refractivity contribution in [2.45, 2.75) is 6.04 Å². The lowest BCUT2D eigenvalue weighted by atomic mass is 10.1. The minimum absolute atomic E-state index is 0.0999. The van der Waals surface area contributed by atoms with Crippen LogP contribution in [0.1, 0.15) is 11.6 Å². The topological polar surface area (TPSA) is 83.6 Å². The maximum Gasteiger partial charge on any atom is 0.325 e. The van der Waals surface area contributed by atoms with Crippen molar-refractivity contribution in [1.82, 2.24) is 0 Å². The van der Waals surface area contributed by atoms with E-state index in [1.807, 2.05) is 0 Å². The predicted molar refractivity (Wildman–Crippen MR) is 42.5 cm³/mol. The molecule has 0 aliphatic rings. The fraction of sp³-hybridized carbons (Fsp3) is 0.125. The van der Waals surface area contributed by atoms with Crippen molar-refractivity contribution in [3.05, 3.63) is 29.1 Å². The summed E-state index contributed by atoms with van der Waals surface area (Å²) >= 11 is 0. The number of hydrogen-bond donors (Lipinski definition) is 3. The Morgan fingerprint density at radius 3 is 2.33 bits per heavy atom. The van der Waals surface area contributed by atoms with Gasteiger partial charge in [0.1, 0.15) is 6.04 Å². The van der Waals surface area contributed by atoms with Crippen LogP contribution < -0.4 is 5.73 Å². The van der Waals surface area contributed by atoms with Gasteiger partial charge in [-0.1, -0.05) is 0 Å². The summed E-state index contributed by atoms with van der Waals surface area (Å²) < 4.78 is 38.4. The Bertz CT molecular complexity index is 396. The standard InChI is InChI=1S/C8H6F3NO3/c9-2-1-3(10)7(13)4(5(2)11)6(12)8(14)15/h1,6,13H,12H2,(H,14,15). The third-order valence-corrected chi connectivity index (χ3v) is 1.76. The number of aromatic hydroxyl groups is 1. The summed E-state index contributed by atoms with van der Waals surface area (Å²) in [4.78, 5) is 10.4. The molecule has 1 aromatic carbocycles. The van der Waals surface area contributed by atoms with Gasteiger partial charge in [-0.15, -0.1) is 0 Å². The highest BCUT2D eigenvalue weighted by Gasteiger charge is 2.27. The molecular formula is C8H6F3NO3. The van der Waals surface area contributed by atoms with E-state index in [4.69, 9.17) is 15.9 Å². The van der Waals surface area contributed by atoms with Crippen LogP contribution in [-0.4, -0.2) is 16.2 Å².